The first-order valence-corrected chi connectivity index (χ1v) is 10.4. The van der Waals surface area contributed by atoms with Gasteiger partial charge in [0.2, 0.25) is 11.9 Å². The van der Waals surface area contributed by atoms with Crippen LogP contribution in [0.3, 0.4) is 0 Å². The lowest BCUT2D eigenvalue weighted by Crippen LogP contribution is -2.38. The fourth-order valence-electron chi connectivity index (χ4n) is 3.70. The summed E-state index contributed by atoms with van der Waals surface area (Å²) in [7, 11) is 0. The molecule has 1 fully saturated rings. The van der Waals surface area contributed by atoms with E-state index in [1.807, 2.05) is 29.9 Å². The SMILES string of the molecule is CCn1cc(-c2nc3c4cccc(Cl)c4nc(N[C@@H]4CCCCNC4=O)n3n2)cn1. The second-order valence-electron chi connectivity index (χ2n) is 7.31. The van der Waals surface area contributed by atoms with Gasteiger partial charge in [-0.2, -0.15) is 9.61 Å². The summed E-state index contributed by atoms with van der Waals surface area (Å²) in [6, 6.07) is 5.18. The molecule has 1 amide bonds. The summed E-state index contributed by atoms with van der Waals surface area (Å²) >= 11 is 6.43. The number of amides is 1. The standard InChI is InChI=1S/C20H21ClN8O/c1-2-28-11-12(10-23-28)17-26-18-13-6-5-7-14(21)16(13)25-20(29(18)27-17)24-15-8-3-4-9-22-19(15)30/h5-7,10-11,15H,2-4,8-9H2,1H3,(H,22,30)(H,24,25)/t15-/m1/s1. The number of para-hydroxylation sites is 1. The molecule has 4 heterocycles. The van der Waals surface area contributed by atoms with Gasteiger partial charge in [-0.1, -0.05) is 17.7 Å². The number of halogens is 1. The van der Waals surface area contributed by atoms with E-state index in [1.54, 1.807) is 16.8 Å². The van der Waals surface area contributed by atoms with E-state index in [4.69, 9.17) is 21.6 Å². The number of hydrogen-bond donors (Lipinski definition) is 2. The van der Waals surface area contributed by atoms with Gasteiger partial charge >= 0.3 is 0 Å². The molecule has 0 radical (unpaired) electrons. The molecular weight excluding hydrogens is 404 g/mol. The van der Waals surface area contributed by atoms with Crippen LogP contribution in [0.2, 0.25) is 5.02 Å². The fourth-order valence-corrected chi connectivity index (χ4v) is 3.91. The van der Waals surface area contributed by atoms with Gasteiger partial charge in [-0.3, -0.25) is 9.48 Å². The molecule has 0 unspecified atom stereocenters. The largest absolute Gasteiger partial charge is 0.354 e. The van der Waals surface area contributed by atoms with Crippen molar-refractivity contribution in [3.05, 3.63) is 35.6 Å². The summed E-state index contributed by atoms with van der Waals surface area (Å²) in [5.41, 5.74) is 2.05. The van der Waals surface area contributed by atoms with Gasteiger partial charge in [0, 0.05) is 24.7 Å². The van der Waals surface area contributed by atoms with Gasteiger partial charge in [-0.05, 0) is 38.3 Å². The van der Waals surface area contributed by atoms with E-state index in [1.165, 1.54) is 0 Å². The average Bonchev–Trinajstić information content (AvgIpc) is 3.36. The molecule has 0 saturated carbocycles. The summed E-state index contributed by atoms with van der Waals surface area (Å²) in [6.45, 7) is 3.47. The first kappa shape index (κ1) is 18.8. The topological polar surface area (TPSA) is 102 Å². The molecule has 4 aromatic rings. The molecule has 1 atom stereocenters. The predicted octanol–water partition coefficient (Wildman–Crippen LogP) is 2.89. The number of rotatable bonds is 4. The Morgan fingerprint density at radius 2 is 2.20 bits per heavy atom. The number of aryl methyl sites for hydroxylation is 1. The Kier molecular flexibility index (Phi) is 4.74. The maximum absolute atomic E-state index is 12.5. The predicted molar refractivity (Wildman–Crippen MR) is 114 cm³/mol. The fraction of sp³-hybridized carbons (Fsp3) is 0.350. The van der Waals surface area contributed by atoms with Crippen molar-refractivity contribution >= 4 is 40.0 Å². The zero-order valence-electron chi connectivity index (χ0n) is 16.5. The van der Waals surface area contributed by atoms with Crippen LogP contribution in [0.15, 0.2) is 30.6 Å². The van der Waals surface area contributed by atoms with E-state index >= 15 is 0 Å². The van der Waals surface area contributed by atoms with Crippen LogP contribution in [0.25, 0.3) is 27.9 Å². The van der Waals surface area contributed by atoms with E-state index in [9.17, 15) is 4.79 Å². The van der Waals surface area contributed by atoms with Crippen LogP contribution in [0, 0.1) is 0 Å². The molecule has 1 aliphatic rings. The molecule has 2 N–H and O–H groups in total. The number of aromatic nitrogens is 6. The highest BCUT2D eigenvalue weighted by Crippen LogP contribution is 2.28. The molecule has 154 valence electrons. The van der Waals surface area contributed by atoms with Crippen LogP contribution >= 0.6 is 11.6 Å². The number of carbonyl (C=O) groups excluding carboxylic acids is 1. The molecule has 1 aliphatic heterocycles. The number of anilines is 1. The lowest BCUT2D eigenvalue weighted by molar-refractivity contribution is -0.121. The molecule has 0 aliphatic carbocycles. The van der Waals surface area contributed by atoms with Crippen LogP contribution < -0.4 is 10.6 Å². The van der Waals surface area contributed by atoms with E-state index in [2.05, 4.69) is 20.8 Å². The highest BCUT2D eigenvalue weighted by Gasteiger charge is 2.24. The zero-order valence-corrected chi connectivity index (χ0v) is 17.2. The molecule has 3 aromatic heterocycles. The van der Waals surface area contributed by atoms with Crippen LogP contribution in [0.4, 0.5) is 5.95 Å². The Morgan fingerprint density at radius 3 is 3.03 bits per heavy atom. The number of hydrogen-bond acceptors (Lipinski definition) is 6. The van der Waals surface area contributed by atoms with Gasteiger partial charge in [0.05, 0.1) is 22.3 Å². The van der Waals surface area contributed by atoms with E-state index in [0.29, 0.717) is 34.5 Å². The molecule has 10 heteroatoms. The number of carbonyl (C=O) groups is 1. The summed E-state index contributed by atoms with van der Waals surface area (Å²) in [4.78, 5) is 21.9. The van der Waals surface area contributed by atoms with Gasteiger partial charge in [0.15, 0.2) is 11.5 Å². The summed E-state index contributed by atoms with van der Waals surface area (Å²) in [5.74, 6) is 0.942. The molecule has 30 heavy (non-hydrogen) atoms. The molecule has 1 aromatic carbocycles. The van der Waals surface area contributed by atoms with Gasteiger partial charge in [0.25, 0.3) is 0 Å². The molecule has 9 nitrogen and oxygen atoms in total. The van der Waals surface area contributed by atoms with Crippen molar-refractivity contribution in [1.82, 2.24) is 34.7 Å². The second kappa shape index (κ2) is 7.56. The van der Waals surface area contributed by atoms with Crippen molar-refractivity contribution in [2.75, 3.05) is 11.9 Å². The van der Waals surface area contributed by atoms with Gasteiger partial charge in [-0.25, -0.2) is 9.97 Å². The Labute approximate surface area is 177 Å². The monoisotopic (exact) mass is 424 g/mol. The molecule has 5 rings (SSSR count). The van der Waals surface area contributed by atoms with Crippen LogP contribution in [0.1, 0.15) is 26.2 Å². The number of benzene rings is 1. The zero-order chi connectivity index (χ0) is 20.7. The average molecular weight is 425 g/mol. The van der Waals surface area contributed by atoms with Crippen LogP contribution in [0.5, 0.6) is 0 Å². The van der Waals surface area contributed by atoms with Crippen molar-refractivity contribution in [1.29, 1.82) is 0 Å². The number of nitrogens with one attached hydrogen (secondary N) is 2. The molecular formula is C20H21ClN8O. The third kappa shape index (κ3) is 3.24. The maximum atomic E-state index is 12.5. The second-order valence-corrected chi connectivity index (χ2v) is 7.72. The quantitative estimate of drug-likeness (QED) is 0.522. The first-order chi connectivity index (χ1) is 14.6. The Bertz CT molecular complexity index is 1250. The van der Waals surface area contributed by atoms with Gasteiger partial charge in [-0.15, -0.1) is 5.10 Å². The highest BCUT2D eigenvalue weighted by molar-refractivity contribution is 6.35. The number of nitrogens with zero attached hydrogens (tertiary/aromatic N) is 6. The van der Waals surface area contributed by atoms with E-state index < -0.39 is 6.04 Å². The van der Waals surface area contributed by atoms with Gasteiger partial charge in [0.1, 0.15) is 6.04 Å². The highest BCUT2D eigenvalue weighted by atomic mass is 35.5. The Hall–Kier alpha value is -3.20. The third-order valence-electron chi connectivity index (χ3n) is 5.31. The minimum Gasteiger partial charge on any atom is -0.354 e. The summed E-state index contributed by atoms with van der Waals surface area (Å²) in [6.07, 6.45) is 6.29. The Balaban J connectivity index is 1.67. The molecule has 1 saturated heterocycles. The minimum absolute atomic E-state index is 0.0359. The maximum Gasteiger partial charge on any atom is 0.242 e. The summed E-state index contributed by atoms with van der Waals surface area (Å²) in [5, 5.41) is 16.5. The van der Waals surface area contributed by atoms with Crippen LogP contribution in [-0.4, -0.2) is 47.9 Å². The van der Waals surface area contributed by atoms with Crippen molar-refractivity contribution in [3.8, 4) is 11.4 Å². The molecule has 0 bridgehead atoms. The van der Waals surface area contributed by atoms with Crippen molar-refractivity contribution in [2.45, 2.75) is 38.8 Å². The number of fused-ring (bicyclic) bond motifs is 3. The lowest BCUT2D eigenvalue weighted by atomic mass is 10.1. The minimum atomic E-state index is -0.390. The van der Waals surface area contributed by atoms with Gasteiger partial charge < -0.3 is 10.6 Å². The molecule has 0 spiro atoms. The first-order valence-electron chi connectivity index (χ1n) is 10.1. The van der Waals surface area contributed by atoms with Crippen LogP contribution in [-0.2, 0) is 11.3 Å². The summed E-state index contributed by atoms with van der Waals surface area (Å²) < 4.78 is 3.47. The van der Waals surface area contributed by atoms with E-state index in [-0.39, 0.29) is 5.91 Å². The lowest BCUT2D eigenvalue weighted by Gasteiger charge is -2.16. The van der Waals surface area contributed by atoms with Crippen molar-refractivity contribution in [2.24, 2.45) is 0 Å². The van der Waals surface area contributed by atoms with Crippen molar-refractivity contribution in [3.63, 3.8) is 0 Å². The smallest absolute Gasteiger partial charge is 0.242 e. The van der Waals surface area contributed by atoms with E-state index in [0.717, 1.165) is 36.8 Å². The Morgan fingerprint density at radius 1 is 1.30 bits per heavy atom. The van der Waals surface area contributed by atoms with Crippen molar-refractivity contribution < 1.29 is 4.79 Å². The normalized spacial score (nSPS) is 17.3. The third-order valence-corrected chi connectivity index (χ3v) is 5.61.